The summed E-state index contributed by atoms with van der Waals surface area (Å²) in [5, 5.41) is 2.80. The highest BCUT2D eigenvalue weighted by molar-refractivity contribution is 7.18. The largest absolute Gasteiger partial charge is 0.443 e. The van der Waals surface area contributed by atoms with Crippen LogP contribution >= 0.6 is 22.7 Å². The lowest BCUT2D eigenvalue weighted by molar-refractivity contribution is 0.509. The van der Waals surface area contributed by atoms with Crippen molar-refractivity contribution in [3.8, 4) is 10.8 Å². The van der Waals surface area contributed by atoms with E-state index in [0.717, 1.165) is 40.1 Å². The minimum Gasteiger partial charge on any atom is -0.443 e. The van der Waals surface area contributed by atoms with E-state index in [4.69, 9.17) is 4.42 Å². The van der Waals surface area contributed by atoms with Crippen LogP contribution in [0.5, 0.6) is 0 Å². The van der Waals surface area contributed by atoms with E-state index in [1.165, 1.54) is 10.4 Å². The monoisotopic (exact) mass is 383 g/mol. The van der Waals surface area contributed by atoms with Crippen molar-refractivity contribution in [2.24, 2.45) is 5.92 Å². The van der Waals surface area contributed by atoms with Gasteiger partial charge in [0.2, 0.25) is 5.89 Å². The molecule has 5 nitrogen and oxygen atoms in total. The van der Waals surface area contributed by atoms with Gasteiger partial charge >= 0.3 is 0 Å². The third-order valence-electron chi connectivity index (χ3n) is 4.90. The lowest BCUT2D eigenvalue weighted by atomic mass is 9.89. The second-order valence-electron chi connectivity index (χ2n) is 6.83. The summed E-state index contributed by atoms with van der Waals surface area (Å²) in [6.07, 6.45) is 6.43. The van der Waals surface area contributed by atoms with E-state index in [1.807, 2.05) is 17.5 Å². The second kappa shape index (κ2) is 6.17. The summed E-state index contributed by atoms with van der Waals surface area (Å²) in [5.41, 5.74) is 1.98. The molecule has 1 atom stereocenters. The average molecular weight is 383 g/mol. The lowest BCUT2D eigenvalue weighted by Gasteiger charge is -2.17. The summed E-state index contributed by atoms with van der Waals surface area (Å²) in [6.45, 7) is 2.65. The SMILES string of the molecule is CC1CCc2c(sc3ncn(Cc4coc(-c5cccs5)n4)c(=O)c23)C1. The molecule has 1 aliphatic carbocycles. The van der Waals surface area contributed by atoms with E-state index >= 15 is 0 Å². The van der Waals surface area contributed by atoms with Gasteiger partial charge in [0.1, 0.15) is 11.1 Å². The van der Waals surface area contributed by atoms with E-state index in [2.05, 4.69) is 16.9 Å². The first-order valence-corrected chi connectivity index (χ1v) is 10.4. The molecular weight excluding hydrogens is 366 g/mol. The lowest BCUT2D eigenvalue weighted by Crippen LogP contribution is -2.22. The van der Waals surface area contributed by atoms with Crippen molar-refractivity contribution in [2.75, 3.05) is 0 Å². The highest BCUT2D eigenvalue weighted by Crippen LogP contribution is 2.35. The Balaban J connectivity index is 1.52. The summed E-state index contributed by atoms with van der Waals surface area (Å²) in [6, 6.07) is 3.94. The molecule has 0 aromatic carbocycles. The summed E-state index contributed by atoms with van der Waals surface area (Å²) in [4.78, 5) is 25.3. The maximum Gasteiger partial charge on any atom is 0.262 e. The van der Waals surface area contributed by atoms with Crippen molar-refractivity contribution >= 4 is 32.9 Å². The fraction of sp³-hybridized carbons (Fsp3) is 0.316. The molecule has 7 heteroatoms. The van der Waals surface area contributed by atoms with Crippen molar-refractivity contribution < 1.29 is 4.42 Å². The van der Waals surface area contributed by atoms with Crippen LogP contribution in [0.4, 0.5) is 0 Å². The van der Waals surface area contributed by atoms with Crippen LogP contribution in [-0.4, -0.2) is 14.5 Å². The standard InChI is InChI=1S/C19H17N3O2S2/c1-11-4-5-13-15(7-11)26-18-16(13)19(23)22(10-20-18)8-12-9-24-17(21-12)14-3-2-6-25-14/h2-3,6,9-11H,4-5,7-8H2,1H3. The van der Waals surface area contributed by atoms with E-state index < -0.39 is 0 Å². The Morgan fingerprint density at radius 2 is 2.35 bits per heavy atom. The summed E-state index contributed by atoms with van der Waals surface area (Å²) in [7, 11) is 0. The van der Waals surface area contributed by atoms with E-state index in [1.54, 1.807) is 39.8 Å². The van der Waals surface area contributed by atoms with Crippen molar-refractivity contribution in [3.63, 3.8) is 0 Å². The number of rotatable bonds is 3. The van der Waals surface area contributed by atoms with Crippen LogP contribution in [0.3, 0.4) is 0 Å². The molecule has 4 aromatic rings. The quantitative estimate of drug-likeness (QED) is 0.528. The molecule has 132 valence electrons. The molecule has 4 heterocycles. The predicted molar refractivity (Wildman–Crippen MR) is 104 cm³/mol. The first-order chi connectivity index (χ1) is 12.7. The number of hydrogen-bond donors (Lipinski definition) is 0. The fourth-order valence-electron chi connectivity index (χ4n) is 3.55. The van der Waals surface area contributed by atoms with Gasteiger partial charge in [-0.2, -0.15) is 0 Å². The number of fused-ring (bicyclic) bond motifs is 3. The van der Waals surface area contributed by atoms with E-state index in [0.29, 0.717) is 18.4 Å². The molecule has 5 rings (SSSR count). The Labute approximate surface area is 158 Å². The normalized spacial score (nSPS) is 16.9. The maximum atomic E-state index is 13.1. The summed E-state index contributed by atoms with van der Waals surface area (Å²) >= 11 is 3.26. The van der Waals surface area contributed by atoms with Gasteiger partial charge in [-0.05, 0) is 42.2 Å². The molecule has 1 unspecified atom stereocenters. The minimum absolute atomic E-state index is 0.0303. The first-order valence-electron chi connectivity index (χ1n) is 8.67. The molecule has 0 saturated carbocycles. The smallest absolute Gasteiger partial charge is 0.262 e. The number of aryl methyl sites for hydroxylation is 1. The van der Waals surface area contributed by atoms with Crippen molar-refractivity contribution in [2.45, 2.75) is 32.7 Å². The van der Waals surface area contributed by atoms with Crippen LogP contribution in [0.15, 0.2) is 39.3 Å². The molecule has 0 saturated heterocycles. The Bertz CT molecular complexity index is 1140. The zero-order valence-electron chi connectivity index (χ0n) is 14.3. The molecule has 0 spiro atoms. The Kier molecular flexibility index (Phi) is 3.79. The number of aromatic nitrogens is 3. The third-order valence-corrected chi connectivity index (χ3v) is 6.92. The fourth-order valence-corrected chi connectivity index (χ4v) is 5.54. The van der Waals surface area contributed by atoms with Crippen LogP contribution in [-0.2, 0) is 19.4 Å². The predicted octanol–water partition coefficient (Wildman–Crippen LogP) is 4.35. The number of hydrogen-bond acceptors (Lipinski definition) is 6. The van der Waals surface area contributed by atoms with Crippen LogP contribution < -0.4 is 5.56 Å². The van der Waals surface area contributed by atoms with Gasteiger partial charge in [0.05, 0.1) is 28.8 Å². The highest BCUT2D eigenvalue weighted by Gasteiger charge is 2.23. The van der Waals surface area contributed by atoms with Gasteiger partial charge < -0.3 is 4.42 Å². The Morgan fingerprint density at radius 1 is 1.42 bits per heavy atom. The van der Waals surface area contributed by atoms with Gasteiger partial charge in [0.25, 0.3) is 5.56 Å². The average Bonchev–Trinajstić information content (AvgIpc) is 3.35. The van der Waals surface area contributed by atoms with E-state index in [-0.39, 0.29) is 5.56 Å². The topological polar surface area (TPSA) is 60.9 Å². The first kappa shape index (κ1) is 16.0. The molecule has 0 bridgehead atoms. The molecule has 1 aliphatic rings. The van der Waals surface area contributed by atoms with Gasteiger partial charge in [-0.1, -0.05) is 13.0 Å². The number of oxazole rings is 1. The van der Waals surface area contributed by atoms with Crippen LogP contribution in [0, 0.1) is 5.92 Å². The third kappa shape index (κ3) is 2.62. The van der Waals surface area contributed by atoms with Gasteiger partial charge in [-0.15, -0.1) is 22.7 Å². The molecule has 0 radical (unpaired) electrons. The van der Waals surface area contributed by atoms with Crippen LogP contribution in [0.25, 0.3) is 21.0 Å². The second-order valence-corrected chi connectivity index (χ2v) is 8.86. The zero-order valence-corrected chi connectivity index (χ0v) is 15.9. The molecule has 26 heavy (non-hydrogen) atoms. The van der Waals surface area contributed by atoms with Gasteiger partial charge in [-0.3, -0.25) is 9.36 Å². The number of nitrogens with zero attached hydrogens (tertiary/aromatic N) is 3. The Hall–Kier alpha value is -2.25. The van der Waals surface area contributed by atoms with Crippen LogP contribution in [0.2, 0.25) is 0 Å². The molecule has 0 fully saturated rings. The summed E-state index contributed by atoms with van der Waals surface area (Å²) < 4.78 is 7.20. The van der Waals surface area contributed by atoms with Gasteiger partial charge in [0, 0.05) is 4.88 Å². The summed E-state index contributed by atoms with van der Waals surface area (Å²) in [5.74, 6) is 1.28. The van der Waals surface area contributed by atoms with Crippen LogP contribution in [0.1, 0.15) is 29.5 Å². The molecule has 4 aromatic heterocycles. The van der Waals surface area contributed by atoms with Gasteiger partial charge in [0.15, 0.2) is 0 Å². The van der Waals surface area contributed by atoms with Crippen molar-refractivity contribution in [1.82, 2.24) is 14.5 Å². The van der Waals surface area contributed by atoms with E-state index in [9.17, 15) is 4.79 Å². The molecule has 0 N–H and O–H groups in total. The Morgan fingerprint density at radius 3 is 3.19 bits per heavy atom. The van der Waals surface area contributed by atoms with Crippen molar-refractivity contribution in [3.05, 3.63) is 56.6 Å². The molecule has 0 amide bonds. The van der Waals surface area contributed by atoms with Gasteiger partial charge in [-0.25, -0.2) is 9.97 Å². The number of thiophene rings is 2. The highest BCUT2D eigenvalue weighted by atomic mass is 32.1. The zero-order chi connectivity index (χ0) is 17.7. The maximum absolute atomic E-state index is 13.1. The van der Waals surface area contributed by atoms with Crippen molar-refractivity contribution in [1.29, 1.82) is 0 Å². The minimum atomic E-state index is 0.0303. The molecular formula is C19H17N3O2S2. The molecule has 0 aliphatic heterocycles.